The normalized spacial score (nSPS) is 20.8. The van der Waals surface area contributed by atoms with Gasteiger partial charge in [-0.25, -0.2) is 4.79 Å². The number of amides is 1. The van der Waals surface area contributed by atoms with Crippen molar-refractivity contribution >= 4 is 6.09 Å². The van der Waals surface area contributed by atoms with Crippen LogP contribution in [-0.2, 0) is 11.3 Å². The van der Waals surface area contributed by atoms with Crippen molar-refractivity contribution in [3.8, 4) is 0 Å². The topological polar surface area (TPSA) is 45.7 Å². The summed E-state index contributed by atoms with van der Waals surface area (Å²) in [5, 5.41) is 0. The Labute approximate surface area is 144 Å². The van der Waals surface area contributed by atoms with Crippen LogP contribution in [0.15, 0.2) is 36.9 Å². The minimum absolute atomic E-state index is 0.243. The number of carbonyl (C=O) groups is 1. The molecule has 0 aromatic carbocycles. The number of aromatic nitrogens is 1. The maximum Gasteiger partial charge on any atom is 0.414 e. The molecule has 1 aromatic rings. The molecule has 2 saturated heterocycles. The van der Waals surface area contributed by atoms with Crippen molar-refractivity contribution in [3.05, 3.63) is 42.4 Å². The van der Waals surface area contributed by atoms with Crippen LogP contribution in [0.4, 0.5) is 4.79 Å². The highest BCUT2D eigenvalue weighted by atomic mass is 16.6. The second-order valence-corrected chi connectivity index (χ2v) is 7.19. The van der Waals surface area contributed by atoms with Gasteiger partial charge in [0, 0.05) is 32.0 Å². The largest absolute Gasteiger partial charge is 0.416 e. The summed E-state index contributed by atoms with van der Waals surface area (Å²) in [6, 6.07) is 4.19. The molecule has 130 valence electrons. The zero-order valence-corrected chi connectivity index (χ0v) is 14.5. The van der Waals surface area contributed by atoms with Gasteiger partial charge < -0.3 is 9.64 Å². The number of hydrogen-bond acceptors (Lipinski definition) is 4. The average molecular weight is 329 g/mol. The Balaban J connectivity index is 1.47. The summed E-state index contributed by atoms with van der Waals surface area (Å²) in [5.41, 5.74) is 1.74. The number of rotatable bonds is 3. The molecule has 1 amide bonds. The second kappa shape index (κ2) is 7.34. The summed E-state index contributed by atoms with van der Waals surface area (Å²) in [4.78, 5) is 20.4. The fraction of sp³-hybridized carbons (Fsp3) is 0.579. The van der Waals surface area contributed by atoms with E-state index in [0.29, 0.717) is 11.2 Å². The third-order valence-corrected chi connectivity index (χ3v) is 5.42. The van der Waals surface area contributed by atoms with E-state index < -0.39 is 0 Å². The number of ether oxygens (including phenoxy) is 1. The summed E-state index contributed by atoms with van der Waals surface area (Å²) < 4.78 is 5.13. The first-order valence-electron chi connectivity index (χ1n) is 8.80. The molecule has 0 radical (unpaired) electrons. The third-order valence-electron chi connectivity index (χ3n) is 5.42. The van der Waals surface area contributed by atoms with E-state index in [4.69, 9.17) is 4.74 Å². The fourth-order valence-corrected chi connectivity index (χ4v) is 3.81. The lowest BCUT2D eigenvalue weighted by Gasteiger charge is -2.46. The molecular weight excluding hydrogens is 302 g/mol. The summed E-state index contributed by atoms with van der Waals surface area (Å²) >= 11 is 0. The van der Waals surface area contributed by atoms with Crippen molar-refractivity contribution in [2.45, 2.75) is 39.2 Å². The molecule has 0 atom stereocenters. The summed E-state index contributed by atoms with van der Waals surface area (Å²) in [7, 11) is 0. The molecule has 24 heavy (non-hydrogen) atoms. The molecule has 0 aliphatic carbocycles. The zero-order valence-electron chi connectivity index (χ0n) is 14.5. The number of hydrogen-bond donors (Lipinski definition) is 0. The molecule has 3 heterocycles. The summed E-state index contributed by atoms with van der Waals surface area (Å²) in [6.07, 6.45) is 8.10. The molecule has 2 aliphatic heterocycles. The van der Waals surface area contributed by atoms with Crippen molar-refractivity contribution in [1.82, 2.24) is 14.8 Å². The average Bonchev–Trinajstić information content (AvgIpc) is 2.58. The number of likely N-dealkylation sites (tertiary alicyclic amines) is 2. The molecule has 2 aliphatic rings. The Bertz CT molecular complexity index is 570. The molecule has 1 spiro atoms. The van der Waals surface area contributed by atoms with Crippen LogP contribution < -0.4 is 0 Å². The van der Waals surface area contributed by atoms with Crippen LogP contribution in [0, 0.1) is 5.41 Å². The summed E-state index contributed by atoms with van der Waals surface area (Å²) in [6.45, 7) is 10.2. The highest BCUT2D eigenvalue weighted by Crippen LogP contribution is 2.41. The SMILES string of the molecule is C=C(C)OC(=O)N1CCC2(CCN(Cc3ccncc3)CC2)CC1. The lowest BCUT2D eigenvalue weighted by atomic mass is 9.71. The number of allylic oxidation sites excluding steroid dienone is 1. The zero-order chi connectivity index (χ0) is 17.0. The van der Waals surface area contributed by atoms with Crippen molar-refractivity contribution in [2.75, 3.05) is 26.2 Å². The summed E-state index contributed by atoms with van der Waals surface area (Å²) in [5.74, 6) is 0.463. The predicted molar refractivity (Wildman–Crippen MR) is 93.3 cm³/mol. The van der Waals surface area contributed by atoms with E-state index in [9.17, 15) is 4.79 Å². The Morgan fingerprint density at radius 3 is 2.33 bits per heavy atom. The van der Waals surface area contributed by atoms with Gasteiger partial charge in [-0.3, -0.25) is 9.88 Å². The Hall–Kier alpha value is -1.88. The highest BCUT2D eigenvalue weighted by Gasteiger charge is 2.38. The first kappa shape index (κ1) is 17.0. The van der Waals surface area contributed by atoms with Crippen molar-refractivity contribution in [1.29, 1.82) is 0 Å². The fourth-order valence-electron chi connectivity index (χ4n) is 3.81. The first-order chi connectivity index (χ1) is 11.6. The van der Waals surface area contributed by atoms with Crippen LogP contribution in [0.2, 0.25) is 0 Å². The van der Waals surface area contributed by atoms with Crippen LogP contribution in [0.25, 0.3) is 0 Å². The van der Waals surface area contributed by atoms with Gasteiger partial charge in [0.05, 0.1) is 5.76 Å². The van der Waals surface area contributed by atoms with E-state index in [1.54, 1.807) is 6.92 Å². The van der Waals surface area contributed by atoms with E-state index in [-0.39, 0.29) is 6.09 Å². The molecule has 0 N–H and O–H groups in total. The number of nitrogens with zero attached hydrogens (tertiary/aromatic N) is 3. The van der Waals surface area contributed by atoms with E-state index >= 15 is 0 Å². The first-order valence-corrected chi connectivity index (χ1v) is 8.80. The van der Waals surface area contributed by atoms with E-state index in [0.717, 1.165) is 45.6 Å². The Morgan fingerprint density at radius 2 is 1.75 bits per heavy atom. The Kier molecular flexibility index (Phi) is 5.19. The molecule has 0 unspecified atom stereocenters. The van der Waals surface area contributed by atoms with Gasteiger partial charge in [0.15, 0.2) is 0 Å². The number of piperidine rings is 2. The monoisotopic (exact) mass is 329 g/mol. The van der Waals surface area contributed by atoms with Gasteiger partial charge in [0.2, 0.25) is 0 Å². The number of pyridine rings is 1. The molecule has 1 aromatic heterocycles. The molecule has 5 nitrogen and oxygen atoms in total. The molecule has 3 rings (SSSR count). The lowest BCUT2D eigenvalue weighted by Crippen LogP contribution is -2.48. The van der Waals surface area contributed by atoms with Crippen LogP contribution >= 0.6 is 0 Å². The second-order valence-electron chi connectivity index (χ2n) is 7.19. The van der Waals surface area contributed by atoms with E-state index in [1.807, 2.05) is 17.3 Å². The molecule has 2 fully saturated rings. The van der Waals surface area contributed by atoms with Crippen LogP contribution in [-0.4, -0.2) is 47.1 Å². The maximum absolute atomic E-state index is 12.0. The smallest absolute Gasteiger partial charge is 0.414 e. The van der Waals surface area contributed by atoms with Gasteiger partial charge in [-0.1, -0.05) is 6.58 Å². The van der Waals surface area contributed by atoms with Crippen LogP contribution in [0.3, 0.4) is 0 Å². The van der Waals surface area contributed by atoms with E-state index in [2.05, 4.69) is 28.6 Å². The Morgan fingerprint density at radius 1 is 1.17 bits per heavy atom. The van der Waals surface area contributed by atoms with Gasteiger partial charge in [0.25, 0.3) is 0 Å². The van der Waals surface area contributed by atoms with Crippen molar-refractivity contribution < 1.29 is 9.53 Å². The van der Waals surface area contributed by atoms with Gasteiger partial charge >= 0.3 is 6.09 Å². The standard InChI is InChI=1S/C19H27N3O2/c1-16(2)24-18(23)22-13-7-19(8-14-22)5-11-21(12-6-19)15-17-3-9-20-10-4-17/h3-4,9-10H,1,5-8,11-15H2,2H3. The van der Waals surface area contributed by atoms with Gasteiger partial charge in [-0.15, -0.1) is 0 Å². The quantitative estimate of drug-likeness (QED) is 0.797. The third kappa shape index (κ3) is 4.15. The molecule has 0 saturated carbocycles. The van der Waals surface area contributed by atoms with E-state index in [1.165, 1.54) is 18.4 Å². The van der Waals surface area contributed by atoms with Crippen molar-refractivity contribution in [3.63, 3.8) is 0 Å². The van der Waals surface area contributed by atoms with Gasteiger partial charge in [0.1, 0.15) is 0 Å². The molecular formula is C19H27N3O2. The van der Waals surface area contributed by atoms with Crippen LogP contribution in [0.1, 0.15) is 38.2 Å². The van der Waals surface area contributed by atoms with Crippen molar-refractivity contribution in [2.24, 2.45) is 5.41 Å². The number of carbonyl (C=O) groups excluding carboxylic acids is 1. The minimum Gasteiger partial charge on any atom is -0.416 e. The van der Waals surface area contributed by atoms with Gasteiger partial charge in [-0.2, -0.15) is 0 Å². The maximum atomic E-state index is 12.0. The lowest BCUT2D eigenvalue weighted by molar-refractivity contribution is 0.0314. The van der Waals surface area contributed by atoms with Crippen LogP contribution in [0.5, 0.6) is 0 Å². The van der Waals surface area contributed by atoms with Gasteiger partial charge in [-0.05, 0) is 68.8 Å². The minimum atomic E-state index is -0.243. The molecule has 0 bridgehead atoms. The predicted octanol–water partition coefficient (Wildman–Crippen LogP) is 3.43. The highest BCUT2D eigenvalue weighted by molar-refractivity contribution is 5.68. The molecule has 5 heteroatoms.